The van der Waals surface area contributed by atoms with Crippen LogP contribution in [0.1, 0.15) is 35.6 Å². The summed E-state index contributed by atoms with van der Waals surface area (Å²) in [6.45, 7) is 2.04. The van der Waals surface area contributed by atoms with Crippen LogP contribution < -0.4 is 5.32 Å². The first-order valence-corrected chi connectivity index (χ1v) is 12.2. The van der Waals surface area contributed by atoms with Crippen LogP contribution in [0.2, 0.25) is 0 Å². The maximum atomic E-state index is 13.4. The molecule has 0 radical (unpaired) electrons. The summed E-state index contributed by atoms with van der Waals surface area (Å²) in [6.07, 6.45) is 0.608. The Balaban J connectivity index is 1.34. The number of amides is 2. The molecule has 6 nitrogen and oxygen atoms in total. The zero-order chi connectivity index (χ0) is 24.4. The number of benzene rings is 3. The van der Waals surface area contributed by atoms with Gasteiger partial charge in [0.1, 0.15) is 11.1 Å². The highest BCUT2D eigenvalue weighted by Gasteiger charge is 2.39. The fourth-order valence-electron chi connectivity index (χ4n) is 4.09. The number of nitrogens with one attached hydrogen (secondary N) is 1. The normalized spacial score (nSPS) is 19.5. The van der Waals surface area contributed by atoms with Gasteiger partial charge in [-0.15, -0.1) is 0 Å². The summed E-state index contributed by atoms with van der Waals surface area (Å²) in [5.74, 6) is -1.18. The van der Waals surface area contributed by atoms with E-state index in [1.54, 1.807) is 11.1 Å². The van der Waals surface area contributed by atoms with E-state index >= 15 is 0 Å². The van der Waals surface area contributed by atoms with E-state index in [2.05, 4.69) is 22.4 Å². The van der Waals surface area contributed by atoms with Crippen molar-refractivity contribution in [2.75, 3.05) is 5.32 Å². The number of carbonyl (C=O) groups is 2. The van der Waals surface area contributed by atoms with E-state index in [0.717, 1.165) is 16.8 Å². The van der Waals surface area contributed by atoms with Crippen molar-refractivity contribution in [1.82, 2.24) is 5.01 Å². The number of nitrogens with zero attached hydrogens (tertiary/aromatic N) is 3. The van der Waals surface area contributed by atoms with Gasteiger partial charge in [-0.2, -0.15) is 10.1 Å². The molecule has 0 spiro atoms. The largest absolute Gasteiger partial charge is 0.326 e. The first-order valence-electron chi connectivity index (χ1n) is 11.3. The molecule has 0 aliphatic carbocycles. The average molecular weight is 487 g/mol. The summed E-state index contributed by atoms with van der Waals surface area (Å²) in [6, 6.07) is 23.7. The molecular weight excluding hydrogens is 463 g/mol. The van der Waals surface area contributed by atoms with Crippen LogP contribution in [0, 0.1) is 12.7 Å². The first kappa shape index (κ1) is 23.0. The van der Waals surface area contributed by atoms with Gasteiger partial charge in [-0.1, -0.05) is 78.0 Å². The number of thioether (sulfide) groups is 1. The van der Waals surface area contributed by atoms with Gasteiger partial charge in [0.15, 0.2) is 5.17 Å². The van der Waals surface area contributed by atoms with Crippen LogP contribution in [-0.4, -0.2) is 33.0 Å². The standard InChI is InChI=1S/C27H23FN4O2S/c1-17-10-12-18(13-11-17)22-15-23(19-6-3-2-4-7-19)32(31-22)27-30-26(34)24(35-27)16-25(33)29-21-9-5-8-20(28)14-21/h2-14,23-24H,15-16H2,1H3,(H,29,33)/t23-,24+/m1/s1. The molecule has 0 saturated carbocycles. The molecule has 0 fully saturated rings. The third kappa shape index (κ3) is 5.17. The summed E-state index contributed by atoms with van der Waals surface area (Å²) in [5, 5.41) is 9.13. The molecule has 0 saturated heterocycles. The van der Waals surface area contributed by atoms with Crippen molar-refractivity contribution in [3.8, 4) is 0 Å². The number of hydrogen-bond acceptors (Lipinski definition) is 5. The van der Waals surface area contributed by atoms with Crippen LogP contribution in [0.25, 0.3) is 0 Å². The summed E-state index contributed by atoms with van der Waals surface area (Å²) in [7, 11) is 0. The molecule has 8 heteroatoms. The lowest BCUT2D eigenvalue weighted by atomic mass is 9.98. The molecule has 0 aromatic heterocycles. The van der Waals surface area contributed by atoms with Crippen molar-refractivity contribution in [1.29, 1.82) is 0 Å². The molecule has 2 aliphatic heterocycles. The lowest BCUT2D eigenvalue weighted by molar-refractivity contribution is -0.121. The number of aryl methyl sites for hydroxylation is 1. The van der Waals surface area contributed by atoms with E-state index in [9.17, 15) is 14.0 Å². The highest BCUT2D eigenvalue weighted by atomic mass is 32.2. The maximum Gasteiger partial charge on any atom is 0.262 e. The van der Waals surface area contributed by atoms with E-state index in [1.165, 1.54) is 35.5 Å². The molecule has 0 bridgehead atoms. The molecule has 2 amide bonds. The van der Waals surface area contributed by atoms with Crippen LogP contribution in [0.5, 0.6) is 0 Å². The summed E-state index contributed by atoms with van der Waals surface area (Å²) < 4.78 is 13.4. The average Bonchev–Trinajstić information content (AvgIpc) is 3.44. The van der Waals surface area contributed by atoms with Gasteiger partial charge in [0, 0.05) is 18.5 Å². The Hall–Kier alpha value is -3.78. The van der Waals surface area contributed by atoms with Gasteiger partial charge < -0.3 is 5.32 Å². The minimum Gasteiger partial charge on any atom is -0.326 e. The minimum absolute atomic E-state index is 0.0641. The van der Waals surface area contributed by atoms with Gasteiger partial charge in [0.2, 0.25) is 5.91 Å². The smallest absolute Gasteiger partial charge is 0.262 e. The number of rotatable bonds is 5. The number of anilines is 1. The van der Waals surface area contributed by atoms with Crippen LogP contribution in [0.15, 0.2) is 89.0 Å². The van der Waals surface area contributed by atoms with E-state index in [-0.39, 0.29) is 24.3 Å². The number of hydrogen-bond donors (Lipinski definition) is 1. The van der Waals surface area contributed by atoms with Gasteiger partial charge in [0.05, 0.1) is 11.8 Å². The van der Waals surface area contributed by atoms with Crippen LogP contribution >= 0.6 is 11.8 Å². The number of aliphatic imine (C=N–C) groups is 1. The molecule has 2 aliphatic rings. The second kappa shape index (κ2) is 9.84. The lowest BCUT2D eigenvalue weighted by Crippen LogP contribution is -2.25. The molecular formula is C27H23FN4O2S. The predicted molar refractivity (Wildman–Crippen MR) is 137 cm³/mol. The van der Waals surface area contributed by atoms with Crippen LogP contribution in [0.3, 0.4) is 0 Å². The fourth-order valence-corrected chi connectivity index (χ4v) is 5.15. The number of halogens is 1. The van der Waals surface area contributed by atoms with E-state index in [0.29, 0.717) is 17.3 Å². The van der Waals surface area contributed by atoms with Gasteiger partial charge in [-0.25, -0.2) is 9.40 Å². The van der Waals surface area contributed by atoms with E-state index in [4.69, 9.17) is 5.10 Å². The molecule has 35 heavy (non-hydrogen) atoms. The molecule has 3 aromatic rings. The Morgan fingerprint density at radius 3 is 2.60 bits per heavy atom. The van der Waals surface area contributed by atoms with Crippen molar-refractivity contribution in [2.24, 2.45) is 10.1 Å². The quantitative estimate of drug-likeness (QED) is 0.530. The van der Waals surface area contributed by atoms with E-state index < -0.39 is 11.1 Å². The first-order chi connectivity index (χ1) is 17.0. The van der Waals surface area contributed by atoms with Gasteiger partial charge in [-0.05, 0) is 36.2 Å². The summed E-state index contributed by atoms with van der Waals surface area (Å²) in [5.41, 5.74) is 4.54. The Morgan fingerprint density at radius 2 is 1.86 bits per heavy atom. The highest BCUT2D eigenvalue weighted by Crippen LogP contribution is 2.38. The Labute approximate surface area is 207 Å². The van der Waals surface area contributed by atoms with Crippen LogP contribution in [0.4, 0.5) is 10.1 Å². The Bertz CT molecular complexity index is 1320. The molecule has 3 aromatic carbocycles. The maximum absolute atomic E-state index is 13.4. The topological polar surface area (TPSA) is 74.1 Å². The van der Waals surface area contributed by atoms with Crippen molar-refractivity contribution in [2.45, 2.75) is 31.1 Å². The van der Waals surface area contributed by atoms with Gasteiger partial charge in [0.25, 0.3) is 5.91 Å². The number of amidine groups is 1. The number of hydrazone groups is 1. The fraction of sp³-hybridized carbons (Fsp3) is 0.185. The Kier molecular flexibility index (Phi) is 6.46. The third-order valence-electron chi connectivity index (χ3n) is 5.88. The monoisotopic (exact) mass is 486 g/mol. The molecule has 2 heterocycles. The predicted octanol–water partition coefficient (Wildman–Crippen LogP) is 5.31. The summed E-state index contributed by atoms with van der Waals surface area (Å²) >= 11 is 1.24. The minimum atomic E-state index is -0.659. The number of carbonyl (C=O) groups excluding carboxylic acids is 2. The zero-order valence-electron chi connectivity index (χ0n) is 19.0. The molecule has 2 atom stereocenters. The molecule has 176 valence electrons. The van der Waals surface area contributed by atoms with Crippen LogP contribution in [-0.2, 0) is 9.59 Å². The van der Waals surface area contributed by atoms with E-state index in [1.807, 2.05) is 49.4 Å². The Morgan fingerprint density at radius 1 is 1.09 bits per heavy atom. The van der Waals surface area contributed by atoms with Crippen molar-refractivity contribution < 1.29 is 14.0 Å². The van der Waals surface area contributed by atoms with Gasteiger partial charge in [-0.3, -0.25) is 9.59 Å². The molecule has 0 unspecified atom stereocenters. The van der Waals surface area contributed by atoms with Crippen molar-refractivity contribution in [3.63, 3.8) is 0 Å². The molecule has 1 N–H and O–H groups in total. The second-order valence-electron chi connectivity index (χ2n) is 8.49. The zero-order valence-corrected chi connectivity index (χ0v) is 19.8. The second-order valence-corrected chi connectivity index (χ2v) is 9.66. The SMILES string of the molecule is Cc1ccc(C2=NN(C3=NC(=O)[C@H](CC(=O)Nc4cccc(F)c4)S3)[C@@H](c3ccccc3)C2)cc1. The van der Waals surface area contributed by atoms with Crippen molar-refractivity contribution >= 4 is 40.1 Å². The highest BCUT2D eigenvalue weighted by molar-refractivity contribution is 8.15. The van der Waals surface area contributed by atoms with Crippen molar-refractivity contribution in [3.05, 3.63) is 101 Å². The lowest BCUT2D eigenvalue weighted by Gasteiger charge is -2.23. The summed E-state index contributed by atoms with van der Waals surface area (Å²) in [4.78, 5) is 29.5. The third-order valence-corrected chi connectivity index (χ3v) is 7.03. The molecule has 5 rings (SSSR count). The van der Waals surface area contributed by atoms with Gasteiger partial charge >= 0.3 is 0 Å².